The molecule has 0 bridgehead atoms. The Kier molecular flexibility index (Phi) is 4.74. The zero-order chi connectivity index (χ0) is 15.4. The predicted molar refractivity (Wildman–Crippen MR) is 90.5 cm³/mol. The lowest BCUT2D eigenvalue weighted by Gasteiger charge is -2.24. The Balaban J connectivity index is 1.75. The zero-order valence-electron chi connectivity index (χ0n) is 12.9. The molecular formula is C19H24N2O. The monoisotopic (exact) mass is 296 g/mol. The number of amides is 1. The summed E-state index contributed by atoms with van der Waals surface area (Å²) in [6.45, 7) is 0.427. The highest BCUT2D eigenvalue weighted by molar-refractivity contribution is 5.83. The first-order valence-corrected chi connectivity index (χ1v) is 8.27. The molecular weight excluding hydrogens is 272 g/mol. The maximum absolute atomic E-state index is 12.4. The number of carbonyl (C=O) groups excluding carboxylic acids is 1. The molecule has 1 amide bonds. The van der Waals surface area contributed by atoms with Gasteiger partial charge in [-0.1, -0.05) is 55.7 Å². The lowest BCUT2D eigenvalue weighted by molar-refractivity contribution is -0.126. The topological polar surface area (TPSA) is 55.1 Å². The molecule has 0 heterocycles. The highest BCUT2D eigenvalue weighted by Crippen LogP contribution is 2.25. The molecule has 116 valence electrons. The highest BCUT2D eigenvalue weighted by Gasteiger charge is 2.23. The number of carbonyl (C=O) groups is 1. The van der Waals surface area contributed by atoms with E-state index < -0.39 is 0 Å². The van der Waals surface area contributed by atoms with E-state index in [1.54, 1.807) is 0 Å². The molecule has 1 atom stereocenters. The second kappa shape index (κ2) is 6.93. The molecule has 0 saturated heterocycles. The Hall–Kier alpha value is -1.87. The predicted octanol–water partition coefficient (Wildman–Crippen LogP) is 3.54. The maximum Gasteiger partial charge on any atom is 0.223 e. The first-order valence-electron chi connectivity index (χ1n) is 8.27. The number of benzene rings is 2. The van der Waals surface area contributed by atoms with Crippen molar-refractivity contribution >= 4 is 16.7 Å². The fraction of sp³-hybridized carbons (Fsp3) is 0.421. The SMILES string of the molecule is NCC(NC(=O)C1CCCCC1)c1ccc2ccccc2c1. The molecule has 2 aromatic carbocycles. The molecule has 0 radical (unpaired) electrons. The van der Waals surface area contributed by atoms with Crippen LogP contribution in [0.2, 0.25) is 0 Å². The number of nitrogens with two attached hydrogens (primary N) is 1. The van der Waals surface area contributed by atoms with Gasteiger partial charge >= 0.3 is 0 Å². The van der Waals surface area contributed by atoms with Crippen LogP contribution in [0, 0.1) is 5.92 Å². The molecule has 2 aromatic rings. The highest BCUT2D eigenvalue weighted by atomic mass is 16.1. The van der Waals surface area contributed by atoms with E-state index in [2.05, 4.69) is 35.6 Å². The summed E-state index contributed by atoms with van der Waals surface area (Å²) in [6.07, 6.45) is 5.62. The van der Waals surface area contributed by atoms with Gasteiger partial charge in [0, 0.05) is 12.5 Å². The third-order valence-corrected chi connectivity index (χ3v) is 4.70. The van der Waals surface area contributed by atoms with Gasteiger partial charge in [0.15, 0.2) is 0 Å². The van der Waals surface area contributed by atoms with Crippen molar-refractivity contribution < 1.29 is 4.79 Å². The van der Waals surface area contributed by atoms with E-state index >= 15 is 0 Å². The minimum atomic E-state index is -0.0981. The van der Waals surface area contributed by atoms with Gasteiger partial charge < -0.3 is 11.1 Å². The number of hydrogen-bond donors (Lipinski definition) is 2. The fourth-order valence-electron chi connectivity index (χ4n) is 3.36. The van der Waals surface area contributed by atoms with Crippen LogP contribution in [-0.2, 0) is 4.79 Å². The number of fused-ring (bicyclic) bond motifs is 1. The van der Waals surface area contributed by atoms with E-state index in [0.717, 1.165) is 18.4 Å². The van der Waals surface area contributed by atoms with Crippen molar-refractivity contribution in [2.75, 3.05) is 6.54 Å². The zero-order valence-corrected chi connectivity index (χ0v) is 12.9. The Labute approximate surface area is 131 Å². The van der Waals surface area contributed by atoms with Gasteiger partial charge in [-0.3, -0.25) is 4.79 Å². The normalized spacial score (nSPS) is 17.3. The summed E-state index contributed by atoms with van der Waals surface area (Å²) in [5, 5.41) is 5.55. The lowest BCUT2D eigenvalue weighted by Crippen LogP contribution is -2.38. The number of nitrogens with one attached hydrogen (secondary N) is 1. The lowest BCUT2D eigenvalue weighted by atomic mass is 9.88. The third-order valence-electron chi connectivity index (χ3n) is 4.70. The molecule has 1 aliphatic rings. The Bertz CT molecular complexity index is 647. The molecule has 1 unspecified atom stereocenters. The van der Waals surface area contributed by atoms with E-state index in [1.165, 1.54) is 30.0 Å². The number of rotatable bonds is 4. The van der Waals surface area contributed by atoms with Crippen molar-refractivity contribution in [1.29, 1.82) is 0 Å². The summed E-state index contributed by atoms with van der Waals surface area (Å²) in [4.78, 5) is 12.4. The minimum Gasteiger partial charge on any atom is -0.348 e. The van der Waals surface area contributed by atoms with Crippen molar-refractivity contribution in [3.63, 3.8) is 0 Å². The van der Waals surface area contributed by atoms with Crippen LogP contribution in [0.1, 0.15) is 43.7 Å². The van der Waals surface area contributed by atoms with Crippen LogP contribution in [0.15, 0.2) is 42.5 Å². The molecule has 3 N–H and O–H groups in total. The van der Waals surface area contributed by atoms with Crippen molar-refractivity contribution in [2.24, 2.45) is 11.7 Å². The Morgan fingerprint density at radius 3 is 2.55 bits per heavy atom. The van der Waals surface area contributed by atoms with Gasteiger partial charge in [0.1, 0.15) is 0 Å². The molecule has 22 heavy (non-hydrogen) atoms. The van der Waals surface area contributed by atoms with Gasteiger partial charge in [0.2, 0.25) is 5.91 Å². The van der Waals surface area contributed by atoms with Crippen LogP contribution in [-0.4, -0.2) is 12.5 Å². The van der Waals surface area contributed by atoms with Crippen molar-refractivity contribution in [3.05, 3.63) is 48.0 Å². The molecule has 3 nitrogen and oxygen atoms in total. The Morgan fingerprint density at radius 2 is 1.82 bits per heavy atom. The second-order valence-electron chi connectivity index (χ2n) is 6.24. The van der Waals surface area contributed by atoms with Crippen LogP contribution < -0.4 is 11.1 Å². The van der Waals surface area contributed by atoms with Gasteiger partial charge in [0.25, 0.3) is 0 Å². The number of hydrogen-bond acceptors (Lipinski definition) is 2. The fourth-order valence-corrected chi connectivity index (χ4v) is 3.36. The minimum absolute atomic E-state index is 0.0981. The quantitative estimate of drug-likeness (QED) is 0.906. The summed E-state index contributed by atoms with van der Waals surface area (Å²) in [6, 6.07) is 14.5. The van der Waals surface area contributed by atoms with Crippen molar-refractivity contribution in [3.8, 4) is 0 Å². The molecule has 1 saturated carbocycles. The van der Waals surface area contributed by atoms with Crippen molar-refractivity contribution in [1.82, 2.24) is 5.32 Å². The average Bonchev–Trinajstić information content (AvgIpc) is 2.59. The molecule has 0 aromatic heterocycles. The summed E-state index contributed by atoms with van der Waals surface area (Å²) >= 11 is 0. The van der Waals surface area contributed by atoms with Crippen LogP contribution in [0.3, 0.4) is 0 Å². The van der Waals surface area contributed by atoms with Gasteiger partial charge in [-0.2, -0.15) is 0 Å². The summed E-state index contributed by atoms with van der Waals surface area (Å²) in [5.74, 6) is 0.339. The molecule has 3 heteroatoms. The second-order valence-corrected chi connectivity index (χ2v) is 6.24. The largest absolute Gasteiger partial charge is 0.348 e. The van der Waals surface area contributed by atoms with Gasteiger partial charge in [-0.25, -0.2) is 0 Å². The molecule has 1 aliphatic carbocycles. The van der Waals surface area contributed by atoms with Gasteiger partial charge in [-0.15, -0.1) is 0 Å². The van der Waals surface area contributed by atoms with E-state index in [-0.39, 0.29) is 17.9 Å². The van der Waals surface area contributed by atoms with Gasteiger partial charge in [-0.05, 0) is 35.2 Å². The smallest absolute Gasteiger partial charge is 0.223 e. The average molecular weight is 296 g/mol. The molecule has 3 rings (SSSR count). The standard InChI is InChI=1S/C19H24N2O/c20-13-18(21-19(22)15-7-2-1-3-8-15)17-11-10-14-6-4-5-9-16(14)12-17/h4-6,9-12,15,18H,1-3,7-8,13,20H2,(H,21,22). The molecule has 0 aliphatic heterocycles. The van der Waals surface area contributed by atoms with E-state index in [4.69, 9.17) is 5.73 Å². The summed E-state index contributed by atoms with van der Waals surface area (Å²) in [5.41, 5.74) is 7.00. The van der Waals surface area contributed by atoms with E-state index in [0.29, 0.717) is 6.54 Å². The maximum atomic E-state index is 12.4. The van der Waals surface area contributed by atoms with Crippen LogP contribution in [0.4, 0.5) is 0 Å². The Morgan fingerprint density at radius 1 is 1.09 bits per heavy atom. The van der Waals surface area contributed by atoms with E-state index in [9.17, 15) is 4.79 Å². The molecule has 1 fully saturated rings. The van der Waals surface area contributed by atoms with Crippen LogP contribution >= 0.6 is 0 Å². The van der Waals surface area contributed by atoms with Crippen LogP contribution in [0.25, 0.3) is 10.8 Å². The first-order chi connectivity index (χ1) is 10.8. The first kappa shape index (κ1) is 15.0. The van der Waals surface area contributed by atoms with Crippen molar-refractivity contribution in [2.45, 2.75) is 38.1 Å². The van der Waals surface area contributed by atoms with Crippen LogP contribution in [0.5, 0.6) is 0 Å². The van der Waals surface area contributed by atoms with E-state index in [1.807, 2.05) is 12.1 Å². The third kappa shape index (κ3) is 3.30. The van der Waals surface area contributed by atoms with Gasteiger partial charge in [0.05, 0.1) is 6.04 Å². The molecule has 0 spiro atoms. The summed E-state index contributed by atoms with van der Waals surface area (Å²) < 4.78 is 0. The summed E-state index contributed by atoms with van der Waals surface area (Å²) in [7, 11) is 0.